The van der Waals surface area contributed by atoms with E-state index in [0.29, 0.717) is 10.1 Å². The van der Waals surface area contributed by atoms with Crippen LogP contribution in [0, 0.1) is 0 Å². The Morgan fingerprint density at radius 2 is 1.91 bits per heavy atom. The lowest BCUT2D eigenvalue weighted by Crippen LogP contribution is -1.71. The number of rotatable bonds is 3. The molecule has 0 bridgehead atoms. The van der Waals surface area contributed by atoms with Crippen LogP contribution >= 0.6 is 23.2 Å². The summed E-state index contributed by atoms with van der Waals surface area (Å²) in [5, 5.41) is 1.17. The van der Waals surface area contributed by atoms with E-state index in [1.54, 1.807) is 13.0 Å². The molecule has 0 N–H and O–H groups in total. The van der Waals surface area contributed by atoms with Crippen molar-refractivity contribution in [1.29, 1.82) is 0 Å². The third kappa shape index (κ3) is 5.11. The van der Waals surface area contributed by atoms with Crippen LogP contribution in [-0.2, 0) is 0 Å². The number of hydrogen-bond donors (Lipinski definition) is 0. The molecule has 0 amide bonds. The Bertz CT molecular complexity index is 196. The fraction of sp³-hybridized carbons (Fsp3) is 0.333. The van der Waals surface area contributed by atoms with Crippen LogP contribution < -0.4 is 0 Å². The van der Waals surface area contributed by atoms with Gasteiger partial charge in [-0.1, -0.05) is 48.4 Å². The van der Waals surface area contributed by atoms with E-state index in [1.807, 2.05) is 13.0 Å². The van der Waals surface area contributed by atoms with Crippen LogP contribution in [0.1, 0.15) is 20.3 Å². The van der Waals surface area contributed by atoms with Gasteiger partial charge in [-0.15, -0.1) is 0 Å². The summed E-state index contributed by atoms with van der Waals surface area (Å²) in [6.45, 7) is 7.59. The normalized spacial score (nSPS) is 13.5. The summed E-state index contributed by atoms with van der Waals surface area (Å²) in [6, 6.07) is 0. The van der Waals surface area contributed by atoms with Gasteiger partial charge in [-0.2, -0.15) is 0 Å². The Morgan fingerprint density at radius 3 is 2.27 bits per heavy atom. The molecule has 0 aliphatic heterocycles. The van der Waals surface area contributed by atoms with Gasteiger partial charge in [0.25, 0.3) is 0 Å². The minimum Gasteiger partial charge on any atom is -0.0958 e. The topological polar surface area (TPSA) is 0 Å². The molecule has 0 rings (SSSR count). The van der Waals surface area contributed by atoms with Gasteiger partial charge in [0.05, 0.1) is 5.03 Å². The lowest BCUT2D eigenvalue weighted by molar-refractivity contribution is 1.16. The Labute approximate surface area is 78.2 Å². The van der Waals surface area contributed by atoms with Crippen LogP contribution in [0.3, 0.4) is 0 Å². The SMILES string of the molecule is C=C(C=CC(Cl)=C(C)Cl)CC. The van der Waals surface area contributed by atoms with Crippen molar-refractivity contribution < 1.29 is 0 Å². The van der Waals surface area contributed by atoms with E-state index >= 15 is 0 Å². The molecule has 0 aromatic rings. The molecule has 0 aromatic carbocycles. The van der Waals surface area contributed by atoms with E-state index in [9.17, 15) is 0 Å². The molecule has 0 aliphatic rings. The molecule has 0 unspecified atom stereocenters. The van der Waals surface area contributed by atoms with Gasteiger partial charge in [-0.25, -0.2) is 0 Å². The van der Waals surface area contributed by atoms with Gasteiger partial charge < -0.3 is 0 Å². The summed E-state index contributed by atoms with van der Waals surface area (Å²) in [5.41, 5.74) is 1.04. The number of allylic oxidation sites excluding steroid dienone is 5. The van der Waals surface area contributed by atoms with E-state index in [1.165, 1.54) is 0 Å². The van der Waals surface area contributed by atoms with E-state index < -0.39 is 0 Å². The molecule has 0 spiro atoms. The monoisotopic (exact) mass is 190 g/mol. The van der Waals surface area contributed by atoms with E-state index in [0.717, 1.165) is 12.0 Å². The lowest BCUT2D eigenvalue weighted by atomic mass is 10.2. The fourth-order valence-electron chi connectivity index (χ4n) is 0.424. The van der Waals surface area contributed by atoms with Gasteiger partial charge in [-0.05, 0) is 19.4 Å². The maximum atomic E-state index is 5.74. The zero-order valence-corrected chi connectivity index (χ0v) is 8.34. The summed E-state index contributed by atoms with van der Waals surface area (Å²) in [7, 11) is 0. The molecular formula is C9H12Cl2. The Morgan fingerprint density at radius 1 is 1.36 bits per heavy atom. The summed E-state index contributed by atoms with van der Waals surface area (Å²) in [6.07, 6.45) is 4.56. The molecule has 0 nitrogen and oxygen atoms in total. The molecule has 0 fully saturated rings. The number of halogens is 2. The van der Waals surface area contributed by atoms with Gasteiger partial charge >= 0.3 is 0 Å². The third-order valence-electron chi connectivity index (χ3n) is 1.25. The second kappa shape index (κ2) is 5.45. The maximum absolute atomic E-state index is 5.74. The highest BCUT2D eigenvalue weighted by atomic mass is 35.5. The standard InChI is InChI=1S/C9H12Cl2/c1-4-7(2)5-6-9(11)8(3)10/h5-6H,2,4H2,1,3H3. The highest BCUT2D eigenvalue weighted by Crippen LogP contribution is 2.15. The molecule has 2 heteroatoms. The van der Waals surface area contributed by atoms with Crippen LogP contribution in [-0.4, -0.2) is 0 Å². The average Bonchev–Trinajstić information content (AvgIpc) is 1.99. The van der Waals surface area contributed by atoms with Crippen molar-refractivity contribution in [1.82, 2.24) is 0 Å². The Kier molecular flexibility index (Phi) is 5.35. The van der Waals surface area contributed by atoms with Crippen LogP contribution in [0.15, 0.2) is 34.4 Å². The first-order valence-corrected chi connectivity index (χ1v) is 4.21. The zero-order valence-electron chi connectivity index (χ0n) is 6.82. The molecule has 62 valence electrons. The molecule has 0 atom stereocenters. The number of hydrogen-bond acceptors (Lipinski definition) is 0. The average molecular weight is 191 g/mol. The van der Waals surface area contributed by atoms with Gasteiger partial charge in [-0.3, -0.25) is 0 Å². The van der Waals surface area contributed by atoms with Gasteiger partial charge in [0.1, 0.15) is 0 Å². The Balaban J connectivity index is 4.15. The first-order chi connectivity index (χ1) is 5.07. The fourth-order valence-corrected chi connectivity index (χ4v) is 0.550. The Hall–Kier alpha value is -0.200. The first kappa shape index (κ1) is 10.8. The van der Waals surface area contributed by atoms with Crippen LogP contribution in [0.4, 0.5) is 0 Å². The highest BCUT2D eigenvalue weighted by molar-refractivity contribution is 6.39. The van der Waals surface area contributed by atoms with Crippen molar-refractivity contribution in [3.05, 3.63) is 34.4 Å². The molecule has 0 aromatic heterocycles. The van der Waals surface area contributed by atoms with Crippen LogP contribution in [0.25, 0.3) is 0 Å². The minimum absolute atomic E-state index is 0.571. The van der Waals surface area contributed by atoms with Gasteiger partial charge in [0.15, 0.2) is 0 Å². The summed E-state index contributed by atoms with van der Waals surface area (Å²) >= 11 is 11.4. The lowest BCUT2D eigenvalue weighted by Gasteiger charge is -1.92. The highest BCUT2D eigenvalue weighted by Gasteiger charge is 1.89. The maximum Gasteiger partial charge on any atom is 0.0548 e. The molecule has 0 radical (unpaired) electrons. The van der Waals surface area contributed by atoms with E-state index in [2.05, 4.69) is 6.58 Å². The van der Waals surface area contributed by atoms with Crippen molar-refractivity contribution >= 4 is 23.2 Å². The smallest absolute Gasteiger partial charge is 0.0548 e. The van der Waals surface area contributed by atoms with Gasteiger partial charge in [0, 0.05) is 5.03 Å². The van der Waals surface area contributed by atoms with Gasteiger partial charge in [0.2, 0.25) is 0 Å². The molecular weight excluding hydrogens is 179 g/mol. The second-order valence-electron chi connectivity index (χ2n) is 2.23. The molecule has 0 aliphatic carbocycles. The molecule has 0 heterocycles. The predicted octanol–water partition coefficient (Wildman–Crippen LogP) is 4.22. The van der Waals surface area contributed by atoms with E-state index in [4.69, 9.17) is 23.2 Å². The predicted molar refractivity (Wildman–Crippen MR) is 53.0 cm³/mol. The van der Waals surface area contributed by atoms with Crippen LogP contribution in [0.2, 0.25) is 0 Å². The third-order valence-corrected chi connectivity index (χ3v) is 1.96. The van der Waals surface area contributed by atoms with Crippen molar-refractivity contribution in [3.63, 3.8) is 0 Å². The van der Waals surface area contributed by atoms with Crippen molar-refractivity contribution in [3.8, 4) is 0 Å². The van der Waals surface area contributed by atoms with E-state index in [-0.39, 0.29) is 0 Å². The summed E-state index contributed by atoms with van der Waals surface area (Å²) in [5.74, 6) is 0. The largest absolute Gasteiger partial charge is 0.0958 e. The summed E-state index contributed by atoms with van der Waals surface area (Å²) < 4.78 is 0. The zero-order chi connectivity index (χ0) is 8.85. The van der Waals surface area contributed by atoms with Crippen molar-refractivity contribution in [2.24, 2.45) is 0 Å². The minimum atomic E-state index is 0.571. The molecule has 11 heavy (non-hydrogen) atoms. The quantitative estimate of drug-likeness (QED) is 0.586. The van der Waals surface area contributed by atoms with Crippen molar-refractivity contribution in [2.75, 3.05) is 0 Å². The molecule has 0 saturated heterocycles. The first-order valence-electron chi connectivity index (χ1n) is 3.45. The van der Waals surface area contributed by atoms with Crippen molar-refractivity contribution in [2.45, 2.75) is 20.3 Å². The van der Waals surface area contributed by atoms with Crippen LogP contribution in [0.5, 0.6) is 0 Å². The summed E-state index contributed by atoms with van der Waals surface area (Å²) in [4.78, 5) is 0. The molecule has 0 saturated carbocycles. The second-order valence-corrected chi connectivity index (χ2v) is 3.20.